The van der Waals surface area contributed by atoms with E-state index >= 15 is 0 Å². The minimum atomic E-state index is -0.449. The van der Waals surface area contributed by atoms with Gasteiger partial charge in [0.2, 0.25) is 0 Å². The van der Waals surface area contributed by atoms with Crippen molar-refractivity contribution in [1.29, 1.82) is 0 Å². The van der Waals surface area contributed by atoms with Gasteiger partial charge in [-0.15, -0.1) is 6.58 Å². The van der Waals surface area contributed by atoms with Gasteiger partial charge in [0.15, 0.2) is 11.5 Å². The lowest BCUT2D eigenvalue weighted by Gasteiger charge is -2.10. The van der Waals surface area contributed by atoms with Gasteiger partial charge in [0.1, 0.15) is 5.70 Å². The molecule has 0 spiro atoms. The van der Waals surface area contributed by atoms with Crippen molar-refractivity contribution in [3.8, 4) is 11.5 Å². The van der Waals surface area contributed by atoms with Crippen LogP contribution in [-0.2, 0) is 4.79 Å². The van der Waals surface area contributed by atoms with E-state index in [1.54, 1.807) is 31.4 Å². The number of hydrogen-bond donors (Lipinski definition) is 1. The first kappa shape index (κ1) is 15.6. The Morgan fingerprint density at radius 2 is 2.09 bits per heavy atom. The summed E-state index contributed by atoms with van der Waals surface area (Å²) in [6.07, 6.45) is 3.10. The number of carbonyl (C=O) groups excluding carboxylic acids is 2. The number of carbonyl (C=O) groups is 2. The number of hydrogen-bond acceptors (Lipinski definition) is 4. The van der Waals surface area contributed by atoms with Crippen LogP contribution in [0.5, 0.6) is 11.5 Å². The van der Waals surface area contributed by atoms with Crippen molar-refractivity contribution >= 4 is 18.0 Å². The minimum Gasteiger partial charge on any atom is -0.493 e. The molecule has 6 nitrogen and oxygen atoms in total. The Hall–Kier alpha value is -2.76. The maximum Gasteiger partial charge on any atom is 0.329 e. The van der Waals surface area contributed by atoms with Crippen LogP contribution in [0, 0.1) is 0 Å². The molecule has 3 amide bonds. The summed E-state index contributed by atoms with van der Waals surface area (Å²) in [4.78, 5) is 24.9. The summed E-state index contributed by atoms with van der Waals surface area (Å²) in [5.41, 5.74) is 0.952. The van der Waals surface area contributed by atoms with Gasteiger partial charge in [-0.1, -0.05) is 12.1 Å². The third-order valence-electron chi connectivity index (χ3n) is 3.07. The van der Waals surface area contributed by atoms with Gasteiger partial charge in [0.25, 0.3) is 5.91 Å². The van der Waals surface area contributed by atoms with Crippen LogP contribution in [0.3, 0.4) is 0 Å². The zero-order valence-electron chi connectivity index (χ0n) is 12.6. The molecule has 0 aliphatic carbocycles. The highest BCUT2D eigenvalue weighted by molar-refractivity contribution is 6.14. The molecule has 1 aromatic rings. The van der Waals surface area contributed by atoms with Crippen molar-refractivity contribution in [3.63, 3.8) is 0 Å². The van der Waals surface area contributed by atoms with Gasteiger partial charge in [0.05, 0.1) is 13.7 Å². The van der Waals surface area contributed by atoms with Gasteiger partial charge in [-0.2, -0.15) is 0 Å². The van der Waals surface area contributed by atoms with Gasteiger partial charge in [-0.3, -0.25) is 9.69 Å². The lowest BCUT2D eigenvalue weighted by atomic mass is 10.1. The number of imide groups is 1. The fraction of sp³-hybridized carbons (Fsp3) is 0.250. The van der Waals surface area contributed by atoms with E-state index in [9.17, 15) is 9.59 Å². The van der Waals surface area contributed by atoms with E-state index in [0.29, 0.717) is 18.1 Å². The summed E-state index contributed by atoms with van der Waals surface area (Å²) in [7, 11) is 1.56. The molecule has 6 heteroatoms. The topological polar surface area (TPSA) is 67.9 Å². The summed E-state index contributed by atoms with van der Waals surface area (Å²) >= 11 is 0. The molecular formula is C16H18N2O4. The molecule has 2 rings (SSSR count). The molecule has 0 radical (unpaired) electrons. The molecule has 116 valence electrons. The van der Waals surface area contributed by atoms with E-state index in [1.807, 2.05) is 6.92 Å². The average Bonchev–Trinajstić information content (AvgIpc) is 2.76. The van der Waals surface area contributed by atoms with Crippen LogP contribution in [0.15, 0.2) is 36.6 Å². The van der Waals surface area contributed by atoms with Crippen LogP contribution in [0.1, 0.15) is 12.5 Å². The van der Waals surface area contributed by atoms with E-state index in [1.165, 1.54) is 6.08 Å². The lowest BCUT2D eigenvalue weighted by molar-refractivity contribution is -0.122. The van der Waals surface area contributed by atoms with E-state index in [2.05, 4.69) is 11.9 Å². The van der Waals surface area contributed by atoms with Crippen LogP contribution in [0.2, 0.25) is 0 Å². The highest BCUT2D eigenvalue weighted by atomic mass is 16.5. The predicted molar refractivity (Wildman–Crippen MR) is 82.6 cm³/mol. The number of amides is 3. The number of rotatable bonds is 6. The lowest BCUT2D eigenvalue weighted by Crippen LogP contribution is -2.30. The highest BCUT2D eigenvalue weighted by Crippen LogP contribution is 2.29. The van der Waals surface area contributed by atoms with E-state index < -0.39 is 6.03 Å². The summed E-state index contributed by atoms with van der Waals surface area (Å²) < 4.78 is 10.7. The van der Waals surface area contributed by atoms with Gasteiger partial charge in [-0.05, 0) is 30.7 Å². The number of nitrogens with zero attached hydrogens (tertiary/aromatic N) is 1. The standard InChI is InChI=1S/C16H18N2O4/c1-4-8-18-15(19)12(17-16(18)20)9-11-6-7-13(21-3)14(10-11)22-5-2/h4,6-7,9-10H,1,5,8H2,2-3H3,(H,17,20)/b12-9-. The first-order valence-electron chi connectivity index (χ1n) is 6.87. The molecule has 0 aromatic heterocycles. The normalized spacial score (nSPS) is 15.9. The molecule has 1 fully saturated rings. The van der Waals surface area contributed by atoms with Gasteiger partial charge < -0.3 is 14.8 Å². The Kier molecular flexibility index (Phi) is 4.83. The fourth-order valence-corrected chi connectivity index (χ4v) is 2.08. The predicted octanol–water partition coefficient (Wildman–Crippen LogP) is 2.17. The zero-order valence-corrected chi connectivity index (χ0v) is 12.6. The molecule has 0 unspecified atom stereocenters. The number of methoxy groups -OCH3 is 1. The highest BCUT2D eigenvalue weighted by Gasteiger charge is 2.32. The molecule has 0 atom stereocenters. The van der Waals surface area contributed by atoms with E-state index in [0.717, 1.165) is 10.5 Å². The summed E-state index contributed by atoms with van der Waals surface area (Å²) in [5.74, 6) is 0.816. The maximum absolute atomic E-state index is 12.1. The monoisotopic (exact) mass is 302 g/mol. The number of nitrogens with one attached hydrogen (secondary N) is 1. The molecule has 22 heavy (non-hydrogen) atoms. The quantitative estimate of drug-likeness (QED) is 0.497. The van der Waals surface area contributed by atoms with Gasteiger partial charge in [-0.25, -0.2) is 4.79 Å². The van der Waals surface area contributed by atoms with Crippen molar-refractivity contribution in [2.24, 2.45) is 0 Å². The molecule has 0 saturated carbocycles. The number of urea groups is 1. The Morgan fingerprint density at radius 1 is 1.32 bits per heavy atom. The Labute approximate surface area is 129 Å². The van der Waals surface area contributed by atoms with Crippen molar-refractivity contribution in [3.05, 3.63) is 42.1 Å². The van der Waals surface area contributed by atoms with Crippen LogP contribution in [0.4, 0.5) is 4.79 Å². The third-order valence-corrected chi connectivity index (χ3v) is 3.07. The van der Waals surface area contributed by atoms with Crippen LogP contribution in [-0.4, -0.2) is 37.1 Å². The van der Waals surface area contributed by atoms with Crippen LogP contribution >= 0.6 is 0 Å². The largest absolute Gasteiger partial charge is 0.493 e. The molecule has 1 aromatic carbocycles. The van der Waals surface area contributed by atoms with E-state index in [-0.39, 0.29) is 18.1 Å². The minimum absolute atomic E-state index is 0.175. The van der Waals surface area contributed by atoms with Crippen molar-refractivity contribution in [1.82, 2.24) is 10.2 Å². The first-order chi connectivity index (χ1) is 10.6. The Bertz CT molecular complexity index is 637. The third kappa shape index (κ3) is 3.11. The van der Waals surface area contributed by atoms with E-state index in [4.69, 9.17) is 9.47 Å². The van der Waals surface area contributed by atoms with Crippen LogP contribution < -0.4 is 14.8 Å². The smallest absolute Gasteiger partial charge is 0.329 e. The second-order valence-corrected chi connectivity index (χ2v) is 4.54. The molecule has 1 N–H and O–H groups in total. The first-order valence-corrected chi connectivity index (χ1v) is 6.87. The average molecular weight is 302 g/mol. The fourth-order valence-electron chi connectivity index (χ4n) is 2.08. The molecule has 0 bridgehead atoms. The summed E-state index contributed by atoms with van der Waals surface area (Å²) in [5, 5.41) is 2.55. The molecule has 1 aliphatic rings. The van der Waals surface area contributed by atoms with Gasteiger partial charge >= 0.3 is 6.03 Å². The molecular weight excluding hydrogens is 284 g/mol. The van der Waals surface area contributed by atoms with Crippen molar-refractivity contribution in [2.75, 3.05) is 20.3 Å². The SMILES string of the molecule is C=CCN1C(=O)N/C(=C\c2ccc(OC)c(OCC)c2)C1=O. The molecule has 1 aliphatic heterocycles. The van der Waals surface area contributed by atoms with Crippen molar-refractivity contribution in [2.45, 2.75) is 6.92 Å². The van der Waals surface area contributed by atoms with Crippen LogP contribution in [0.25, 0.3) is 6.08 Å². The second-order valence-electron chi connectivity index (χ2n) is 4.54. The van der Waals surface area contributed by atoms with Gasteiger partial charge in [0, 0.05) is 6.54 Å². The Morgan fingerprint density at radius 3 is 2.73 bits per heavy atom. The Balaban J connectivity index is 2.29. The summed E-state index contributed by atoms with van der Waals surface area (Å²) in [6.45, 7) is 6.08. The molecule has 1 heterocycles. The second kappa shape index (κ2) is 6.80. The maximum atomic E-state index is 12.1. The number of ether oxygens (including phenoxy) is 2. The van der Waals surface area contributed by atoms with Crippen molar-refractivity contribution < 1.29 is 19.1 Å². The summed E-state index contributed by atoms with van der Waals surface area (Å²) in [6, 6.07) is 4.84. The zero-order chi connectivity index (χ0) is 16.1. The number of benzene rings is 1. The molecule has 1 saturated heterocycles.